The highest BCUT2D eigenvalue weighted by molar-refractivity contribution is 7.64. The third-order valence-electron chi connectivity index (χ3n) is 10.6. The molecule has 4 fully saturated rings. The monoisotopic (exact) mass is 506 g/mol. The minimum atomic E-state index is 0.197. The van der Waals surface area contributed by atoms with E-state index in [0.717, 1.165) is 34.0 Å². The third-order valence-corrected chi connectivity index (χ3v) is 19.1. The third kappa shape index (κ3) is 7.93. The summed E-state index contributed by atoms with van der Waals surface area (Å²) < 4.78 is 0. The van der Waals surface area contributed by atoms with Crippen LogP contribution in [0.3, 0.4) is 0 Å². The molecule has 0 nitrogen and oxygen atoms in total. The lowest BCUT2D eigenvalue weighted by atomic mass is 10.2. The van der Waals surface area contributed by atoms with Gasteiger partial charge >= 0.3 is 0 Å². The van der Waals surface area contributed by atoms with E-state index in [-0.39, 0.29) is 15.8 Å². The Labute approximate surface area is 217 Å². The predicted molar refractivity (Wildman–Crippen MR) is 159 cm³/mol. The average Bonchev–Trinajstić information content (AvgIpc) is 3.45. The van der Waals surface area contributed by atoms with Gasteiger partial charge in [-0.05, 0) is 85.3 Å². The van der Waals surface area contributed by atoms with Crippen LogP contribution in [-0.4, -0.2) is 34.0 Å². The number of rotatable bonds is 7. The van der Waals surface area contributed by atoms with Gasteiger partial charge in [0, 0.05) is 0 Å². The van der Waals surface area contributed by atoms with Gasteiger partial charge in [0.05, 0.1) is 0 Å². The normalized spacial score (nSPS) is 28.2. The van der Waals surface area contributed by atoms with E-state index in [1.165, 1.54) is 51.4 Å². The maximum Gasteiger partial charge on any atom is -0.0167 e. The van der Waals surface area contributed by atoms with Crippen LogP contribution >= 0.6 is 15.8 Å². The van der Waals surface area contributed by atoms with Gasteiger partial charge in [0.1, 0.15) is 0 Å². The molecule has 0 aromatic carbocycles. The molecule has 0 heterocycles. The molecule has 0 spiro atoms. The molecule has 0 radical (unpaired) electrons. The maximum absolute atomic E-state index is 2.84. The molecule has 2 unspecified atom stereocenters. The molecule has 0 bridgehead atoms. The fourth-order valence-electron chi connectivity index (χ4n) is 8.65. The highest BCUT2D eigenvalue weighted by Crippen LogP contribution is 2.66. The van der Waals surface area contributed by atoms with Gasteiger partial charge in [-0.25, -0.2) is 0 Å². The Balaban J connectivity index is 1.58. The minimum Gasteiger partial charge on any atom is -0.0968 e. The van der Waals surface area contributed by atoms with Crippen LogP contribution < -0.4 is 0 Å². The van der Waals surface area contributed by atoms with Crippen LogP contribution in [0, 0.1) is 0 Å². The topological polar surface area (TPSA) is 0 Å². The van der Waals surface area contributed by atoms with Crippen molar-refractivity contribution >= 4 is 15.8 Å². The largest absolute Gasteiger partial charge is 0.0968 e. The second kappa shape index (κ2) is 15.3. The van der Waals surface area contributed by atoms with Crippen molar-refractivity contribution in [3.63, 3.8) is 0 Å². The lowest BCUT2D eigenvalue weighted by Gasteiger charge is -2.47. The SMILES string of the molecule is CC(C(C)P(C1CCCCCC1)C1CCCCCC1)P(C1CCCCCC1)C1CCCCCC1. The molecule has 0 aliphatic heterocycles. The zero-order valence-corrected chi connectivity index (χ0v) is 25.1. The van der Waals surface area contributed by atoms with E-state index in [4.69, 9.17) is 0 Å². The van der Waals surface area contributed by atoms with Gasteiger partial charge in [-0.3, -0.25) is 0 Å². The first-order chi connectivity index (χ1) is 16.8. The van der Waals surface area contributed by atoms with E-state index >= 15 is 0 Å². The van der Waals surface area contributed by atoms with Crippen LogP contribution in [0.5, 0.6) is 0 Å². The van der Waals surface area contributed by atoms with Crippen LogP contribution in [0.15, 0.2) is 0 Å². The molecule has 4 rings (SSSR count). The lowest BCUT2D eigenvalue weighted by molar-refractivity contribution is 0.636. The summed E-state index contributed by atoms with van der Waals surface area (Å²) in [4.78, 5) is 0. The van der Waals surface area contributed by atoms with E-state index < -0.39 is 0 Å². The first-order valence-corrected chi connectivity index (χ1v) is 19.4. The van der Waals surface area contributed by atoms with Crippen LogP contribution in [-0.2, 0) is 0 Å². The van der Waals surface area contributed by atoms with E-state index in [0.29, 0.717) is 0 Å². The Kier molecular flexibility index (Phi) is 12.6. The van der Waals surface area contributed by atoms with E-state index in [9.17, 15) is 0 Å². The zero-order chi connectivity index (χ0) is 23.6. The summed E-state index contributed by atoms with van der Waals surface area (Å²) in [5.74, 6) is 0. The zero-order valence-electron chi connectivity index (χ0n) is 23.3. The van der Waals surface area contributed by atoms with Gasteiger partial charge in [0.25, 0.3) is 0 Å². The molecule has 0 saturated heterocycles. The van der Waals surface area contributed by atoms with Crippen molar-refractivity contribution < 1.29 is 0 Å². The van der Waals surface area contributed by atoms with Crippen molar-refractivity contribution in [2.24, 2.45) is 0 Å². The van der Waals surface area contributed by atoms with Gasteiger partial charge in [-0.1, -0.05) is 132 Å². The summed E-state index contributed by atoms with van der Waals surface area (Å²) in [6.07, 6.45) is 37.5. The summed E-state index contributed by atoms with van der Waals surface area (Å²) in [6.45, 7) is 5.68. The van der Waals surface area contributed by atoms with Gasteiger partial charge in [0.15, 0.2) is 0 Å². The van der Waals surface area contributed by atoms with Gasteiger partial charge in [0.2, 0.25) is 0 Å². The Morgan fingerprint density at radius 3 is 0.676 bits per heavy atom. The molecular formula is C32H60P2. The fourth-order valence-corrected chi connectivity index (χ4v) is 18.3. The number of hydrogen-bond acceptors (Lipinski definition) is 0. The van der Waals surface area contributed by atoms with Gasteiger partial charge in [-0.2, -0.15) is 0 Å². The highest BCUT2D eigenvalue weighted by atomic mass is 31.1. The smallest absolute Gasteiger partial charge is 0.0167 e. The van der Waals surface area contributed by atoms with Crippen LogP contribution in [0.1, 0.15) is 168 Å². The van der Waals surface area contributed by atoms with E-state index in [1.54, 1.807) is 103 Å². The Morgan fingerprint density at radius 2 is 0.500 bits per heavy atom. The predicted octanol–water partition coefficient (Wildman–Crippen LogP) is 11.6. The summed E-state index contributed by atoms with van der Waals surface area (Å²) in [5.41, 5.74) is 6.57. The fraction of sp³-hybridized carbons (Fsp3) is 1.00. The molecule has 2 heteroatoms. The second-order valence-corrected chi connectivity index (χ2v) is 19.3. The van der Waals surface area contributed by atoms with Crippen molar-refractivity contribution in [2.45, 2.75) is 202 Å². The number of hydrogen-bond donors (Lipinski definition) is 0. The van der Waals surface area contributed by atoms with Gasteiger partial charge < -0.3 is 0 Å². The molecule has 4 saturated carbocycles. The molecule has 0 amide bonds. The highest BCUT2D eigenvalue weighted by Gasteiger charge is 2.41. The second-order valence-electron chi connectivity index (χ2n) is 13.0. The van der Waals surface area contributed by atoms with Crippen LogP contribution in [0.2, 0.25) is 0 Å². The average molecular weight is 507 g/mol. The molecule has 0 N–H and O–H groups in total. The maximum atomic E-state index is 2.84. The summed E-state index contributed by atoms with van der Waals surface area (Å²) in [6, 6.07) is 0. The Bertz CT molecular complexity index is 427. The van der Waals surface area contributed by atoms with E-state index in [1.807, 2.05) is 0 Å². The molecule has 0 aromatic rings. The molecule has 4 aliphatic rings. The summed E-state index contributed by atoms with van der Waals surface area (Å²) >= 11 is 0. The van der Waals surface area contributed by atoms with Crippen LogP contribution in [0.25, 0.3) is 0 Å². The first kappa shape index (κ1) is 27.9. The van der Waals surface area contributed by atoms with Crippen molar-refractivity contribution in [1.82, 2.24) is 0 Å². The van der Waals surface area contributed by atoms with Crippen molar-refractivity contribution in [1.29, 1.82) is 0 Å². The molecular weight excluding hydrogens is 446 g/mol. The first-order valence-electron chi connectivity index (χ1n) is 16.3. The molecule has 4 aliphatic carbocycles. The summed E-state index contributed by atoms with van der Waals surface area (Å²) in [5, 5.41) is 0. The molecule has 2 atom stereocenters. The molecule has 0 aromatic heterocycles. The standard InChI is InChI=1S/C32H60P2/c1-27(33(29-19-11-3-4-12-20-29)30-21-13-5-6-14-22-30)28(2)34(31-23-15-7-8-16-24-31)32-25-17-9-10-18-26-32/h27-32H,3-26H2,1-2H3. The Morgan fingerprint density at radius 1 is 0.324 bits per heavy atom. The minimum absolute atomic E-state index is 0.197. The van der Waals surface area contributed by atoms with Crippen molar-refractivity contribution in [3.8, 4) is 0 Å². The lowest BCUT2D eigenvalue weighted by Crippen LogP contribution is -2.32. The quantitative estimate of drug-likeness (QED) is 0.238. The van der Waals surface area contributed by atoms with Crippen molar-refractivity contribution in [2.75, 3.05) is 0 Å². The van der Waals surface area contributed by atoms with Crippen LogP contribution in [0.4, 0.5) is 0 Å². The van der Waals surface area contributed by atoms with Gasteiger partial charge in [-0.15, -0.1) is 0 Å². The van der Waals surface area contributed by atoms with E-state index in [2.05, 4.69) is 13.8 Å². The van der Waals surface area contributed by atoms with Crippen molar-refractivity contribution in [3.05, 3.63) is 0 Å². The Hall–Kier alpha value is 0.860. The summed E-state index contributed by atoms with van der Waals surface area (Å²) in [7, 11) is 0.393. The molecule has 198 valence electrons. The molecule has 34 heavy (non-hydrogen) atoms.